The number of hydrogen-bond donors (Lipinski definition) is 2. The Balaban J connectivity index is 2.31. The lowest BCUT2D eigenvalue weighted by atomic mass is 10.0. The average Bonchev–Trinajstić information content (AvgIpc) is 3.02. The number of fused-ring (bicyclic) bond motifs is 1. The number of carbonyl (C=O) groups excluding carboxylic acids is 1. The SMILES string of the molecule is CCCNC(=O)c1nc2c(-c3c(F)cccc3OC)c(OC)ccn2c1N. The highest BCUT2D eigenvalue weighted by atomic mass is 19.1. The number of nitrogens with zero attached hydrogens (tertiary/aromatic N) is 2. The molecule has 0 saturated heterocycles. The van der Waals surface area contributed by atoms with Gasteiger partial charge < -0.3 is 20.5 Å². The fraction of sp³-hybridized carbons (Fsp3) is 0.263. The van der Waals surface area contributed by atoms with Crippen LogP contribution in [0.5, 0.6) is 11.5 Å². The van der Waals surface area contributed by atoms with Crippen LogP contribution in [0.4, 0.5) is 10.2 Å². The molecule has 1 amide bonds. The maximum Gasteiger partial charge on any atom is 0.273 e. The molecule has 0 fully saturated rings. The fourth-order valence-electron chi connectivity index (χ4n) is 2.92. The van der Waals surface area contributed by atoms with E-state index in [0.29, 0.717) is 29.3 Å². The van der Waals surface area contributed by atoms with Crippen molar-refractivity contribution in [2.75, 3.05) is 26.5 Å². The number of ether oxygens (including phenoxy) is 2. The average molecular weight is 372 g/mol. The number of nitrogens with two attached hydrogens (primary N) is 1. The molecular formula is C19H21FN4O3. The van der Waals surface area contributed by atoms with E-state index in [-0.39, 0.29) is 23.0 Å². The molecule has 0 spiro atoms. The summed E-state index contributed by atoms with van der Waals surface area (Å²) in [6.45, 7) is 2.45. The summed E-state index contributed by atoms with van der Waals surface area (Å²) in [5, 5.41) is 2.75. The Hall–Kier alpha value is -3.29. The van der Waals surface area contributed by atoms with E-state index in [2.05, 4.69) is 10.3 Å². The Morgan fingerprint density at radius 3 is 2.59 bits per heavy atom. The Labute approximate surface area is 155 Å². The topological polar surface area (TPSA) is 90.9 Å². The van der Waals surface area contributed by atoms with E-state index in [0.717, 1.165) is 6.42 Å². The van der Waals surface area contributed by atoms with Crippen LogP contribution in [0.3, 0.4) is 0 Å². The smallest absolute Gasteiger partial charge is 0.273 e. The second-order valence-electron chi connectivity index (χ2n) is 5.87. The van der Waals surface area contributed by atoms with Gasteiger partial charge in [0.05, 0.1) is 25.3 Å². The van der Waals surface area contributed by atoms with Crippen molar-refractivity contribution >= 4 is 17.4 Å². The van der Waals surface area contributed by atoms with Gasteiger partial charge in [-0.05, 0) is 24.6 Å². The summed E-state index contributed by atoms with van der Waals surface area (Å²) >= 11 is 0. The second-order valence-corrected chi connectivity index (χ2v) is 5.87. The molecule has 0 radical (unpaired) electrons. The zero-order valence-electron chi connectivity index (χ0n) is 15.4. The van der Waals surface area contributed by atoms with Crippen LogP contribution in [0, 0.1) is 5.82 Å². The minimum Gasteiger partial charge on any atom is -0.496 e. The number of carbonyl (C=O) groups is 1. The Bertz CT molecular complexity index is 1000. The quantitative estimate of drug-likeness (QED) is 0.694. The van der Waals surface area contributed by atoms with Crippen LogP contribution in [-0.2, 0) is 0 Å². The number of pyridine rings is 1. The summed E-state index contributed by atoms with van der Waals surface area (Å²) < 4.78 is 27.0. The molecule has 0 aliphatic carbocycles. The van der Waals surface area contributed by atoms with E-state index in [1.54, 1.807) is 24.4 Å². The van der Waals surface area contributed by atoms with Crippen molar-refractivity contribution in [1.29, 1.82) is 0 Å². The van der Waals surface area contributed by atoms with Crippen molar-refractivity contribution in [3.63, 3.8) is 0 Å². The first-order chi connectivity index (χ1) is 13.0. The molecule has 0 bridgehead atoms. The van der Waals surface area contributed by atoms with Crippen LogP contribution >= 0.6 is 0 Å². The Kier molecular flexibility index (Phi) is 5.16. The van der Waals surface area contributed by atoms with Crippen molar-refractivity contribution in [2.24, 2.45) is 0 Å². The maximum atomic E-state index is 14.7. The molecule has 0 unspecified atom stereocenters. The molecule has 0 saturated carbocycles. The normalized spacial score (nSPS) is 10.8. The minimum atomic E-state index is -0.501. The van der Waals surface area contributed by atoms with Gasteiger partial charge in [0.2, 0.25) is 0 Å². The van der Waals surface area contributed by atoms with E-state index in [1.807, 2.05) is 6.92 Å². The Morgan fingerprint density at radius 2 is 1.93 bits per heavy atom. The summed E-state index contributed by atoms with van der Waals surface area (Å²) in [7, 11) is 2.93. The van der Waals surface area contributed by atoms with Crippen LogP contribution in [0.1, 0.15) is 23.8 Å². The number of amides is 1. The molecule has 27 heavy (non-hydrogen) atoms. The summed E-state index contributed by atoms with van der Waals surface area (Å²) in [4.78, 5) is 16.8. The number of rotatable bonds is 6. The molecule has 142 valence electrons. The lowest BCUT2D eigenvalue weighted by molar-refractivity contribution is 0.0950. The zero-order chi connectivity index (χ0) is 19.6. The van der Waals surface area contributed by atoms with E-state index in [1.165, 1.54) is 24.7 Å². The molecule has 0 atom stereocenters. The molecule has 1 aromatic carbocycles. The molecule has 8 heteroatoms. The number of aromatic nitrogens is 2. The highest BCUT2D eigenvalue weighted by Gasteiger charge is 2.24. The number of anilines is 1. The molecule has 2 heterocycles. The predicted octanol–water partition coefficient (Wildman–Crippen LogP) is 2.88. The first kappa shape index (κ1) is 18.5. The van der Waals surface area contributed by atoms with Gasteiger partial charge in [-0.15, -0.1) is 0 Å². The largest absolute Gasteiger partial charge is 0.496 e. The third-order valence-corrected chi connectivity index (χ3v) is 4.21. The van der Waals surface area contributed by atoms with Crippen molar-refractivity contribution in [3.8, 4) is 22.6 Å². The molecule has 0 aliphatic heterocycles. The molecule has 7 nitrogen and oxygen atoms in total. The number of nitrogen functional groups attached to an aromatic ring is 1. The number of benzene rings is 1. The third kappa shape index (κ3) is 3.14. The standard InChI is InChI=1S/C19H21FN4O3/c1-4-9-22-19(25)16-17(21)24-10-8-13(27-3)15(18(24)23-16)14-11(20)6-5-7-12(14)26-2/h5-8,10H,4,9,21H2,1-3H3,(H,22,25). The third-order valence-electron chi connectivity index (χ3n) is 4.21. The summed E-state index contributed by atoms with van der Waals surface area (Å²) in [5.74, 6) is -0.0167. The van der Waals surface area contributed by atoms with Crippen LogP contribution in [-0.4, -0.2) is 36.1 Å². The van der Waals surface area contributed by atoms with Gasteiger partial charge in [-0.3, -0.25) is 9.20 Å². The van der Waals surface area contributed by atoms with Gasteiger partial charge in [-0.1, -0.05) is 13.0 Å². The molecule has 3 rings (SSSR count). The van der Waals surface area contributed by atoms with Crippen LogP contribution in [0.2, 0.25) is 0 Å². The number of halogens is 1. The van der Waals surface area contributed by atoms with Crippen LogP contribution < -0.4 is 20.5 Å². The number of hydrogen-bond acceptors (Lipinski definition) is 5. The molecule has 3 aromatic rings. The van der Waals surface area contributed by atoms with Crippen molar-refractivity contribution in [2.45, 2.75) is 13.3 Å². The molecule has 3 N–H and O–H groups in total. The van der Waals surface area contributed by atoms with Gasteiger partial charge in [0.15, 0.2) is 11.3 Å². The minimum absolute atomic E-state index is 0.0771. The first-order valence-electron chi connectivity index (χ1n) is 8.49. The molecule has 2 aromatic heterocycles. The number of imidazole rings is 1. The van der Waals surface area contributed by atoms with Gasteiger partial charge >= 0.3 is 0 Å². The van der Waals surface area contributed by atoms with Crippen LogP contribution in [0.25, 0.3) is 16.8 Å². The second kappa shape index (κ2) is 7.53. The summed E-state index contributed by atoms with van der Waals surface area (Å²) in [5.41, 5.74) is 7.06. The number of nitrogens with one attached hydrogen (secondary N) is 1. The monoisotopic (exact) mass is 372 g/mol. The lowest BCUT2D eigenvalue weighted by Gasteiger charge is -2.14. The maximum absolute atomic E-state index is 14.7. The Morgan fingerprint density at radius 1 is 1.22 bits per heavy atom. The van der Waals surface area contributed by atoms with Crippen molar-refractivity contribution < 1.29 is 18.7 Å². The van der Waals surface area contributed by atoms with Gasteiger partial charge in [-0.25, -0.2) is 9.37 Å². The fourth-order valence-corrected chi connectivity index (χ4v) is 2.92. The lowest BCUT2D eigenvalue weighted by Crippen LogP contribution is -2.25. The predicted molar refractivity (Wildman–Crippen MR) is 101 cm³/mol. The van der Waals surface area contributed by atoms with Crippen LogP contribution in [0.15, 0.2) is 30.5 Å². The summed E-state index contributed by atoms with van der Waals surface area (Å²) in [6, 6.07) is 6.15. The zero-order valence-corrected chi connectivity index (χ0v) is 15.4. The van der Waals surface area contributed by atoms with Gasteiger partial charge in [0.25, 0.3) is 5.91 Å². The first-order valence-corrected chi connectivity index (χ1v) is 8.49. The van der Waals surface area contributed by atoms with E-state index in [9.17, 15) is 9.18 Å². The van der Waals surface area contributed by atoms with E-state index >= 15 is 0 Å². The van der Waals surface area contributed by atoms with Gasteiger partial charge in [0.1, 0.15) is 23.1 Å². The van der Waals surface area contributed by atoms with Crippen molar-refractivity contribution in [3.05, 3.63) is 42.0 Å². The van der Waals surface area contributed by atoms with Gasteiger partial charge in [0, 0.05) is 12.7 Å². The van der Waals surface area contributed by atoms with Crippen molar-refractivity contribution in [1.82, 2.24) is 14.7 Å². The molecular weight excluding hydrogens is 351 g/mol. The van der Waals surface area contributed by atoms with Gasteiger partial charge in [-0.2, -0.15) is 0 Å². The highest BCUT2D eigenvalue weighted by molar-refractivity contribution is 5.99. The van der Waals surface area contributed by atoms with E-state index in [4.69, 9.17) is 15.2 Å². The highest BCUT2D eigenvalue weighted by Crippen LogP contribution is 2.41. The summed E-state index contributed by atoms with van der Waals surface area (Å²) in [6.07, 6.45) is 2.41. The molecule has 0 aliphatic rings. The van der Waals surface area contributed by atoms with E-state index < -0.39 is 5.82 Å². The number of methoxy groups -OCH3 is 2.